The van der Waals surface area contributed by atoms with Crippen molar-refractivity contribution in [2.24, 2.45) is 7.05 Å². The molecule has 1 aromatic carbocycles. The van der Waals surface area contributed by atoms with Gasteiger partial charge in [-0.1, -0.05) is 18.2 Å². The average Bonchev–Trinajstić information content (AvgIpc) is 2.77. The topological polar surface area (TPSA) is 30.7 Å². The van der Waals surface area contributed by atoms with E-state index in [4.69, 9.17) is 0 Å². The molecule has 3 aromatic rings. The van der Waals surface area contributed by atoms with E-state index in [-0.39, 0.29) is 0 Å². The number of rotatable bonds is 1. The molecule has 0 N–H and O–H groups in total. The number of hydrogen-bond acceptors (Lipinski definition) is 2. The van der Waals surface area contributed by atoms with Crippen molar-refractivity contribution in [3.8, 4) is 11.1 Å². The average molecular weight is 223 g/mol. The summed E-state index contributed by atoms with van der Waals surface area (Å²) < 4.78 is 1.82. The van der Waals surface area contributed by atoms with Crippen LogP contribution in [0.4, 0.5) is 0 Å². The van der Waals surface area contributed by atoms with Crippen molar-refractivity contribution in [1.82, 2.24) is 14.8 Å². The first-order valence-electron chi connectivity index (χ1n) is 5.59. The Balaban J connectivity index is 2.28. The molecule has 0 spiro atoms. The van der Waals surface area contributed by atoms with Crippen molar-refractivity contribution in [2.45, 2.75) is 6.92 Å². The molecular formula is C14H13N3. The largest absolute Gasteiger partial charge is 0.275 e. The highest BCUT2D eigenvalue weighted by Gasteiger charge is 2.07. The van der Waals surface area contributed by atoms with Gasteiger partial charge in [-0.3, -0.25) is 9.67 Å². The molecular weight excluding hydrogens is 210 g/mol. The Morgan fingerprint density at radius 3 is 2.82 bits per heavy atom. The Morgan fingerprint density at radius 1 is 1.18 bits per heavy atom. The van der Waals surface area contributed by atoms with E-state index in [1.165, 1.54) is 16.5 Å². The van der Waals surface area contributed by atoms with Crippen molar-refractivity contribution < 1.29 is 0 Å². The van der Waals surface area contributed by atoms with Crippen LogP contribution in [0, 0.1) is 6.92 Å². The molecule has 3 rings (SSSR count). The molecule has 0 aliphatic rings. The maximum Gasteiger partial charge on any atom is 0.0737 e. The molecule has 0 fully saturated rings. The van der Waals surface area contributed by atoms with Gasteiger partial charge >= 0.3 is 0 Å². The first kappa shape index (κ1) is 10.0. The van der Waals surface area contributed by atoms with E-state index in [0.717, 1.165) is 11.1 Å². The van der Waals surface area contributed by atoms with Gasteiger partial charge in [-0.05, 0) is 24.1 Å². The van der Waals surface area contributed by atoms with E-state index in [2.05, 4.69) is 35.2 Å². The molecule has 0 saturated carbocycles. The summed E-state index contributed by atoms with van der Waals surface area (Å²) in [5, 5.41) is 5.39. The number of fused-ring (bicyclic) bond motifs is 1. The van der Waals surface area contributed by atoms with E-state index in [0.29, 0.717) is 0 Å². The zero-order valence-corrected chi connectivity index (χ0v) is 9.88. The molecule has 0 unspecified atom stereocenters. The number of pyridine rings is 1. The molecule has 17 heavy (non-hydrogen) atoms. The molecule has 2 heterocycles. The lowest BCUT2D eigenvalue weighted by Gasteiger charge is -2.06. The first-order valence-corrected chi connectivity index (χ1v) is 5.59. The Morgan fingerprint density at radius 2 is 2.06 bits per heavy atom. The van der Waals surface area contributed by atoms with Gasteiger partial charge < -0.3 is 0 Å². The smallest absolute Gasteiger partial charge is 0.0737 e. The van der Waals surface area contributed by atoms with Crippen LogP contribution < -0.4 is 0 Å². The van der Waals surface area contributed by atoms with Crippen molar-refractivity contribution in [2.75, 3.05) is 0 Å². The number of nitrogens with zero attached hydrogens (tertiary/aromatic N) is 3. The van der Waals surface area contributed by atoms with Crippen molar-refractivity contribution >= 4 is 10.9 Å². The van der Waals surface area contributed by atoms with Crippen LogP contribution in [0.1, 0.15) is 5.56 Å². The Kier molecular flexibility index (Phi) is 2.18. The van der Waals surface area contributed by atoms with Gasteiger partial charge in [-0.2, -0.15) is 5.10 Å². The van der Waals surface area contributed by atoms with E-state index in [1.54, 1.807) is 0 Å². The van der Waals surface area contributed by atoms with Gasteiger partial charge in [-0.25, -0.2) is 0 Å². The molecule has 0 aliphatic heterocycles. The van der Waals surface area contributed by atoms with Crippen LogP contribution >= 0.6 is 0 Å². The monoisotopic (exact) mass is 223 g/mol. The summed E-state index contributed by atoms with van der Waals surface area (Å²) in [5.74, 6) is 0. The third-order valence-corrected chi connectivity index (χ3v) is 3.04. The molecule has 0 bridgehead atoms. The highest BCUT2D eigenvalue weighted by Crippen LogP contribution is 2.27. The summed E-state index contributed by atoms with van der Waals surface area (Å²) in [7, 11) is 1.93. The van der Waals surface area contributed by atoms with Gasteiger partial charge in [0.25, 0.3) is 0 Å². The first-order chi connectivity index (χ1) is 8.25. The number of benzene rings is 1. The maximum atomic E-state index is 4.45. The lowest BCUT2D eigenvalue weighted by Crippen LogP contribution is -1.87. The second kappa shape index (κ2) is 3.70. The molecule has 0 aliphatic carbocycles. The van der Waals surface area contributed by atoms with Crippen LogP contribution in [-0.4, -0.2) is 14.8 Å². The van der Waals surface area contributed by atoms with Gasteiger partial charge in [0, 0.05) is 30.4 Å². The maximum absolute atomic E-state index is 4.45. The minimum absolute atomic E-state index is 1.06. The van der Waals surface area contributed by atoms with Crippen LogP contribution in [0.3, 0.4) is 0 Å². The third kappa shape index (κ3) is 1.60. The fraction of sp³-hybridized carbons (Fsp3) is 0.143. The minimum Gasteiger partial charge on any atom is -0.275 e. The Bertz CT molecular complexity index is 683. The molecule has 0 atom stereocenters. The van der Waals surface area contributed by atoms with Crippen LogP contribution in [0.25, 0.3) is 22.0 Å². The summed E-state index contributed by atoms with van der Waals surface area (Å²) in [4.78, 5) is 4.45. The summed E-state index contributed by atoms with van der Waals surface area (Å²) >= 11 is 0. The van der Waals surface area contributed by atoms with E-state index in [9.17, 15) is 0 Å². The third-order valence-electron chi connectivity index (χ3n) is 3.04. The summed E-state index contributed by atoms with van der Waals surface area (Å²) in [6, 6.07) is 8.29. The molecule has 3 heteroatoms. The predicted molar refractivity (Wildman–Crippen MR) is 68.7 cm³/mol. The van der Waals surface area contributed by atoms with Crippen molar-refractivity contribution in [3.63, 3.8) is 0 Å². The lowest BCUT2D eigenvalue weighted by atomic mass is 10.0. The highest BCUT2D eigenvalue weighted by molar-refractivity contribution is 5.88. The molecule has 0 radical (unpaired) electrons. The molecule has 84 valence electrons. The van der Waals surface area contributed by atoms with Crippen LogP contribution in [-0.2, 0) is 7.05 Å². The van der Waals surface area contributed by atoms with E-state index in [1.807, 2.05) is 36.4 Å². The summed E-state index contributed by atoms with van der Waals surface area (Å²) in [6.07, 6.45) is 5.75. The zero-order chi connectivity index (χ0) is 11.8. The number of aryl methyl sites for hydroxylation is 2. The van der Waals surface area contributed by atoms with Crippen molar-refractivity contribution in [3.05, 3.63) is 48.4 Å². The Hall–Kier alpha value is -2.16. The molecule has 3 nitrogen and oxygen atoms in total. The number of aromatic nitrogens is 3. The van der Waals surface area contributed by atoms with E-state index < -0.39 is 0 Å². The van der Waals surface area contributed by atoms with Gasteiger partial charge in [0.2, 0.25) is 0 Å². The molecule has 0 amide bonds. The van der Waals surface area contributed by atoms with Gasteiger partial charge in [0.15, 0.2) is 0 Å². The van der Waals surface area contributed by atoms with Crippen LogP contribution in [0.15, 0.2) is 42.9 Å². The fourth-order valence-corrected chi connectivity index (χ4v) is 2.16. The fourth-order valence-electron chi connectivity index (χ4n) is 2.16. The second-order valence-corrected chi connectivity index (χ2v) is 4.22. The van der Waals surface area contributed by atoms with Gasteiger partial charge in [-0.15, -0.1) is 0 Å². The zero-order valence-electron chi connectivity index (χ0n) is 9.88. The minimum atomic E-state index is 1.06. The predicted octanol–water partition coefficient (Wildman–Crippen LogP) is 2.94. The number of hydrogen-bond donors (Lipinski definition) is 0. The highest BCUT2D eigenvalue weighted by atomic mass is 15.2. The van der Waals surface area contributed by atoms with Gasteiger partial charge in [0.1, 0.15) is 0 Å². The van der Waals surface area contributed by atoms with Crippen molar-refractivity contribution in [1.29, 1.82) is 0 Å². The van der Waals surface area contributed by atoms with Crippen LogP contribution in [0.2, 0.25) is 0 Å². The quantitative estimate of drug-likeness (QED) is 0.635. The standard InChI is InChI=1S/C14H13N3/c1-10-13(12-8-16-17(2)9-12)6-5-11-4-3-7-15-14(10)11/h3-9H,1-2H3. The second-order valence-electron chi connectivity index (χ2n) is 4.22. The summed E-state index contributed by atoms with van der Waals surface area (Å²) in [5.41, 5.74) is 4.60. The van der Waals surface area contributed by atoms with E-state index >= 15 is 0 Å². The van der Waals surface area contributed by atoms with Crippen LogP contribution in [0.5, 0.6) is 0 Å². The summed E-state index contributed by atoms with van der Waals surface area (Å²) in [6.45, 7) is 2.11. The Labute approximate surface area is 99.7 Å². The lowest BCUT2D eigenvalue weighted by molar-refractivity contribution is 0.768. The normalized spacial score (nSPS) is 10.9. The SMILES string of the molecule is Cc1c(-c2cnn(C)c2)ccc2cccnc12. The molecule has 0 saturated heterocycles. The molecule has 2 aromatic heterocycles. The van der Waals surface area contributed by atoms with Gasteiger partial charge in [0.05, 0.1) is 11.7 Å².